The number of hydrogen-bond donors (Lipinski definition) is 1. The zero-order valence-electron chi connectivity index (χ0n) is 12.5. The van der Waals surface area contributed by atoms with Crippen LogP contribution in [0.4, 0.5) is 4.79 Å². The van der Waals surface area contributed by atoms with Crippen molar-refractivity contribution in [3.05, 3.63) is 0 Å². The van der Waals surface area contributed by atoms with E-state index in [2.05, 4.69) is 19.2 Å². The monoisotopic (exact) mass is 256 g/mol. The Morgan fingerprint density at radius 1 is 1.28 bits per heavy atom. The number of amides is 1. The fourth-order valence-corrected chi connectivity index (χ4v) is 2.24. The van der Waals surface area contributed by atoms with Crippen molar-refractivity contribution in [2.24, 2.45) is 0 Å². The molecule has 0 aromatic rings. The summed E-state index contributed by atoms with van der Waals surface area (Å²) < 4.78 is 5.42. The Kier molecular flexibility index (Phi) is 5.45. The van der Waals surface area contributed by atoms with Gasteiger partial charge in [-0.3, -0.25) is 0 Å². The summed E-state index contributed by atoms with van der Waals surface area (Å²) in [7, 11) is 0. The summed E-state index contributed by atoms with van der Waals surface area (Å²) in [4.78, 5) is 13.8. The highest BCUT2D eigenvalue weighted by Gasteiger charge is 2.25. The lowest BCUT2D eigenvalue weighted by molar-refractivity contribution is 0.0256. The number of hydrogen-bond acceptors (Lipinski definition) is 3. The Bertz CT molecular complexity index is 271. The second kappa shape index (κ2) is 6.41. The third-order valence-corrected chi connectivity index (χ3v) is 2.95. The van der Waals surface area contributed by atoms with Crippen molar-refractivity contribution in [3.63, 3.8) is 0 Å². The first kappa shape index (κ1) is 15.3. The van der Waals surface area contributed by atoms with Gasteiger partial charge in [0.1, 0.15) is 5.60 Å². The molecule has 1 rings (SSSR count). The van der Waals surface area contributed by atoms with Crippen molar-refractivity contribution in [2.75, 3.05) is 13.1 Å². The van der Waals surface area contributed by atoms with Crippen molar-refractivity contribution >= 4 is 6.09 Å². The van der Waals surface area contributed by atoms with E-state index in [9.17, 15) is 4.79 Å². The Hall–Kier alpha value is -0.770. The molecule has 0 saturated carbocycles. The average Bonchev–Trinajstić information content (AvgIpc) is 2.39. The predicted molar refractivity (Wildman–Crippen MR) is 73.7 cm³/mol. The van der Waals surface area contributed by atoms with E-state index in [0.29, 0.717) is 12.1 Å². The van der Waals surface area contributed by atoms with Gasteiger partial charge in [-0.2, -0.15) is 0 Å². The maximum atomic E-state index is 12.0. The Labute approximate surface area is 111 Å². The number of likely N-dealkylation sites (tertiary alicyclic amines) is 1. The van der Waals surface area contributed by atoms with E-state index in [1.54, 1.807) is 0 Å². The molecule has 1 saturated heterocycles. The average molecular weight is 256 g/mol. The highest BCUT2D eigenvalue weighted by molar-refractivity contribution is 5.68. The molecule has 4 heteroatoms. The van der Waals surface area contributed by atoms with Crippen molar-refractivity contribution in [1.29, 1.82) is 0 Å². The largest absolute Gasteiger partial charge is 0.444 e. The molecule has 18 heavy (non-hydrogen) atoms. The Morgan fingerprint density at radius 2 is 1.94 bits per heavy atom. The van der Waals surface area contributed by atoms with Crippen LogP contribution in [0.2, 0.25) is 0 Å². The first-order chi connectivity index (χ1) is 8.28. The molecule has 1 amide bonds. The van der Waals surface area contributed by atoms with Gasteiger partial charge in [0.15, 0.2) is 0 Å². The van der Waals surface area contributed by atoms with E-state index >= 15 is 0 Å². The number of carbonyl (C=O) groups excluding carboxylic acids is 1. The van der Waals surface area contributed by atoms with Gasteiger partial charge in [0.2, 0.25) is 0 Å². The zero-order chi connectivity index (χ0) is 13.8. The number of nitrogens with one attached hydrogen (secondary N) is 1. The molecule has 1 aliphatic rings. The number of carbonyl (C=O) groups is 1. The molecule has 1 fully saturated rings. The molecule has 0 aromatic carbocycles. The Morgan fingerprint density at radius 3 is 2.50 bits per heavy atom. The van der Waals surface area contributed by atoms with Gasteiger partial charge < -0.3 is 15.0 Å². The van der Waals surface area contributed by atoms with Gasteiger partial charge in [0.25, 0.3) is 0 Å². The topological polar surface area (TPSA) is 41.6 Å². The van der Waals surface area contributed by atoms with Crippen molar-refractivity contribution in [3.8, 4) is 0 Å². The van der Waals surface area contributed by atoms with Crippen LogP contribution in [0.25, 0.3) is 0 Å². The smallest absolute Gasteiger partial charge is 0.410 e. The van der Waals surface area contributed by atoms with Gasteiger partial charge in [0, 0.05) is 25.2 Å². The van der Waals surface area contributed by atoms with Crippen LogP contribution < -0.4 is 5.32 Å². The molecule has 0 aliphatic carbocycles. The third-order valence-electron chi connectivity index (χ3n) is 2.95. The summed E-state index contributed by atoms with van der Waals surface area (Å²) in [6, 6.07) is 1.03. The van der Waals surface area contributed by atoms with E-state index in [1.807, 2.05) is 25.7 Å². The normalized spacial score (nSPS) is 21.9. The standard InChI is InChI=1S/C14H28N2O2/c1-11(2)15-12-7-6-9-16(10-8-12)13(17)18-14(3,4)5/h11-12,15H,6-10H2,1-5H3/t12-/m0/s1. The minimum absolute atomic E-state index is 0.173. The van der Waals surface area contributed by atoms with E-state index in [1.165, 1.54) is 0 Å². The van der Waals surface area contributed by atoms with Crippen LogP contribution in [0.5, 0.6) is 0 Å². The van der Waals surface area contributed by atoms with Crippen LogP contribution >= 0.6 is 0 Å². The van der Waals surface area contributed by atoms with Crippen LogP contribution in [-0.4, -0.2) is 41.8 Å². The van der Waals surface area contributed by atoms with E-state index in [0.717, 1.165) is 32.4 Å². The molecule has 4 nitrogen and oxygen atoms in total. The van der Waals surface area contributed by atoms with Crippen LogP contribution in [0, 0.1) is 0 Å². The van der Waals surface area contributed by atoms with Crippen molar-refractivity contribution in [1.82, 2.24) is 10.2 Å². The second-order valence-corrected chi connectivity index (χ2v) is 6.42. The van der Waals surface area contributed by atoms with Crippen molar-refractivity contribution in [2.45, 2.75) is 71.6 Å². The fraction of sp³-hybridized carbons (Fsp3) is 0.929. The lowest BCUT2D eigenvalue weighted by Gasteiger charge is -2.26. The fourth-order valence-electron chi connectivity index (χ4n) is 2.24. The molecular weight excluding hydrogens is 228 g/mol. The Balaban J connectivity index is 2.44. The second-order valence-electron chi connectivity index (χ2n) is 6.42. The summed E-state index contributed by atoms with van der Waals surface area (Å²) in [5, 5.41) is 3.55. The summed E-state index contributed by atoms with van der Waals surface area (Å²) >= 11 is 0. The van der Waals surface area contributed by atoms with E-state index in [-0.39, 0.29) is 6.09 Å². The van der Waals surface area contributed by atoms with Gasteiger partial charge in [-0.25, -0.2) is 4.79 Å². The molecule has 1 aliphatic heterocycles. The van der Waals surface area contributed by atoms with Gasteiger partial charge in [0.05, 0.1) is 0 Å². The summed E-state index contributed by atoms with van der Waals surface area (Å²) in [5.41, 5.74) is -0.404. The molecule has 1 N–H and O–H groups in total. The van der Waals surface area contributed by atoms with Crippen molar-refractivity contribution < 1.29 is 9.53 Å². The quantitative estimate of drug-likeness (QED) is 0.826. The molecule has 106 valence electrons. The van der Waals surface area contributed by atoms with Gasteiger partial charge in [-0.05, 0) is 40.0 Å². The van der Waals surface area contributed by atoms with Gasteiger partial charge in [-0.15, -0.1) is 0 Å². The maximum absolute atomic E-state index is 12.0. The van der Waals surface area contributed by atoms with E-state index < -0.39 is 5.60 Å². The lowest BCUT2D eigenvalue weighted by Crippen LogP contribution is -2.39. The van der Waals surface area contributed by atoms with Crippen LogP contribution in [-0.2, 0) is 4.74 Å². The first-order valence-electron chi connectivity index (χ1n) is 7.02. The minimum atomic E-state index is -0.404. The SMILES string of the molecule is CC(C)N[C@H]1CCCN(C(=O)OC(C)(C)C)CC1. The lowest BCUT2D eigenvalue weighted by atomic mass is 10.1. The molecule has 0 radical (unpaired) electrons. The molecule has 1 atom stereocenters. The van der Waals surface area contributed by atoms with Crippen LogP contribution in [0.15, 0.2) is 0 Å². The number of rotatable bonds is 2. The molecular formula is C14H28N2O2. The molecule has 0 unspecified atom stereocenters. The highest BCUT2D eigenvalue weighted by atomic mass is 16.6. The predicted octanol–water partition coefficient (Wildman–Crippen LogP) is 2.77. The van der Waals surface area contributed by atoms with Gasteiger partial charge in [-0.1, -0.05) is 13.8 Å². The van der Waals surface area contributed by atoms with Crippen LogP contribution in [0.3, 0.4) is 0 Å². The summed E-state index contributed by atoms with van der Waals surface area (Å²) in [6.45, 7) is 11.7. The van der Waals surface area contributed by atoms with E-state index in [4.69, 9.17) is 4.74 Å². The zero-order valence-corrected chi connectivity index (χ0v) is 12.5. The summed E-state index contributed by atoms with van der Waals surface area (Å²) in [6.07, 6.45) is 3.02. The third kappa shape index (κ3) is 5.71. The summed E-state index contributed by atoms with van der Waals surface area (Å²) in [5.74, 6) is 0. The molecule has 0 aromatic heterocycles. The number of nitrogens with zero attached hydrogens (tertiary/aromatic N) is 1. The van der Waals surface area contributed by atoms with Gasteiger partial charge >= 0.3 is 6.09 Å². The minimum Gasteiger partial charge on any atom is -0.444 e. The first-order valence-corrected chi connectivity index (χ1v) is 7.02. The molecule has 1 heterocycles. The maximum Gasteiger partial charge on any atom is 0.410 e. The highest BCUT2D eigenvalue weighted by Crippen LogP contribution is 2.15. The molecule has 0 bridgehead atoms. The number of ether oxygens (including phenoxy) is 1. The molecule has 0 spiro atoms. The van der Waals surface area contributed by atoms with Crippen LogP contribution in [0.1, 0.15) is 53.9 Å².